The van der Waals surface area contributed by atoms with Gasteiger partial charge in [0.15, 0.2) is 0 Å². The number of carbonyl (C=O) groups is 2. The van der Waals surface area contributed by atoms with E-state index in [0.717, 1.165) is 19.2 Å². The van der Waals surface area contributed by atoms with Gasteiger partial charge in [-0.1, -0.05) is 0 Å². The van der Waals surface area contributed by atoms with Crippen LogP contribution in [0.3, 0.4) is 0 Å². The Kier molecular flexibility index (Phi) is 4.41. The highest BCUT2D eigenvalue weighted by Gasteiger charge is 2.24. The van der Waals surface area contributed by atoms with Crippen LogP contribution in [-0.2, 0) is 9.53 Å². The largest absolute Gasteiger partial charge is 0.494 e. The molecule has 1 aromatic rings. The molecule has 102 valence electrons. The SMILES string of the molecule is COC(=O)c1cc(NC(C)=O)c(OC)cc1[N+](=O)[O-]. The lowest BCUT2D eigenvalue weighted by Gasteiger charge is -2.10. The van der Waals surface area contributed by atoms with Crippen molar-refractivity contribution in [1.29, 1.82) is 0 Å². The standard InChI is InChI=1S/C11H12N2O6/c1-6(14)12-8-4-7(11(15)19-3)9(13(16)17)5-10(8)18-2/h4-5H,1-3H3,(H,12,14). The molecule has 0 atom stereocenters. The molecule has 0 spiro atoms. The zero-order valence-electron chi connectivity index (χ0n) is 10.6. The van der Waals surface area contributed by atoms with Crippen molar-refractivity contribution in [3.63, 3.8) is 0 Å². The molecule has 0 aliphatic carbocycles. The molecule has 0 saturated carbocycles. The van der Waals surface area contributed by atoms with Crippen LogP contribution in [0.1, 0.15) is 17.3 Å². The molecule has 0 bridgehead atoms. The first-order valence-electron chi connectivity index (χ1n) is 5.13. The van der Waals surface area contributed by atoms with Crippen molar-refractivity contribution in [2.45, 2.75) is 6.92 Å². The molecule has 1 N–H and O–H groups in total. The molecular weight excluding hydrogens is 256 g/mol. The summed E-state index contributed by atoms with van der Waals surface area (Å²) in [4.78, 5) is 32.7. The Hall–Kier alpha value is -2.64. The van der Waals surface area contributed by atoms with Crippen molar-refractivity contribution >= 4 is 23.3 Å². The van der Waals surface area contributed by atoms with E-state index in [-0.39, 0.29) is 17.0 Å². The van der Waals surface area contributed by atoms with Crippen molar-refractivity contribution in [2.75, 3.05) is 19.5 Å². The minimum atomic E-state index is -0.874. The van der Waals surface area contributed by atoms with Crippen LogP contribution in [-0.4, -0.2) is 31.0 Å². The fraction of sp³-hybridized carbons (Fsp3) is 0.273. The molecule has 19 heavy (non-hydrogen) atoms. The molecule has 1 aromatic carbocycles. The summed E-state index contributed by atoms with van der Waals surface area (Å²) in [5.41, 5.74) is -0.573. The van der Waals surface area contributed by atoms with Crippen LogP contribution in [0.25, 0.3) is 0 Å². The predicted molar refractivity (Wildman–Crippen MR) is 65.3 cm³/mol. The van der Waals surface area contributed by atoms with E-state index in [2.05, 4.69) is 10.1 Å². The second-order valence-corrected chi connectivity index (χ2v) is 3.50. The van der Waals surface area contributed by atoms with E-state index in [1.165, 1.54) is 14.0 Å². The third kappa shape index (κ3) is 3.18. The molecule has 0 aromatic heterocycles. The van der Waals surface area contributed by atoms with E-state index in [1.54, 1.807) is 0 Å². The lowest BCUT2D eigenvalue weighted by Crippen LogP contribution is -2.11. The van der Waals surface area contributed by atoms with Gasteiger partial charge in [-0.25, -0.2) is 4.79 Å². The molecule has 0 aliphatic heterocycles. The third-order valence-electron chi connectivity index (χ3n) is 2.23. The molecule has 0 aliphatic rings. The monoisotopic (exact) mass is 268 g/mol. The van der Waals surface area contributed by atoms with Crippen LogP contribution in [0.5, 0.6) is 5.75 Å². The van der Waals surface area contributed by atoms with E-state index in [0.29, 0.717) is 0 Å². The van der Waals surface area contributed by atoms with Gasteiger partial charge in [-0.2, -0.15) is 0 Å². The van der Waals surface area contributed by atoms with E-state index < -0.39 is 22.5 Å². The summed E-state index contributed by atoms with van der Waals surface area (Å²) in [5.74, 6) is -1.20. The summed E-state index contributed by atoms with van der Waals surface area (Å²) in [5, 5.41) is 13.3. The Balaban J connectivity index is 3.46. The third-order valence-corrected chi connectivity index (χ3v) is 2.23. The van der Waals surface area contributed by atoms with E-state index in [9.17, 15) is 19.7 Å². The molecular formula is C11H12N2O6. The first-order valence-corrected chi connectivity index (χ1v) is 5.13. The highest BCUT2D eigenvalue weighted by molar-refractivity contribution is 5.98. The van der Waals surface area contributed by atoms with E-state index in [1.807, 2.05) is 0 Å². The smallest absolute Gasteiger partial charge is 0.344 e. The van der Waals surface area contributed by atoms with Crippen LogP contribution in [0.15, 0.2) is 12.1 Å². The Morgan fingerprint density at radius 3 is 2.37 bits per heavy atom. The zero-order valence-corrected chi connectivity index (χ0v) is 10.6. The van der Waals surface area contributed by atoms with Crippen LogP contribution >= 0.6 is 0 Å². The number of nitrogens with one attached hydrogen (secondary N) is 1. The summed E-state index contributed by atoms with van der Waals surface area (Å²) in [6.45, 7) is 1.26. The highest BCUT2D eigenvalue weighted by Crippen LogP contribution is 2.33. The fourth-order valence-electron chi connectivity index (χ4n) is 1.45. The fourth-order valence-corrected chi connectivity index (χ4v) is 1.45. The maximum Gasteiger partial charge on any atom is 0.344 e. The van der Waals surface area contributed by atoms with Gasteiger partial charge in [-0.15, -0.1) is 0 Å². The number of nitrogens with zero attached hydrogens (tertiary/aromatic N) is 1. The van der Waals surface area contributed by atoms with Gasteiger partial charge in [-0.3, -0.25) is 14.9 Å². The summed E-state index contributed by atoms with van der Waals surface area (Å²) in [6, 6.07) is 2.20. The summed E-state index contributed by atoms with van der Waals surface area (Å²) in [7, 11) is 2.40. The van der Waals surface area contributed by atoms with Gasteiger partial charge >= 0.3 is 5.97 Å². The van der Waals surface area contributed by atoms with Crippen molar-refractivity contribution in [2.24, 2.45) is 0 Å². The van der Waals surface area contributed by atoms with Crippen molar-refractivity contribution in [1.82, 2.24) is 0 Å². The van der Waals surface area contributed by atoms with Gasteiger partial charge in [0, 0.05) is 6.92 Å². The molecule has 8 heteroatoms. The predicted octanol–water partition coefficient (Wildman–Crippen LogP) is 1.35. The number of carbonyl (C=O) groups excluding carboxylic acids is 2. The second-order valence-electron chi connectivity index (χ2n) is 3.50. The van der Waals surface area contributed by atoms with Gasteiger partial charge in [0.1, 0.15) is 11.3 Å². The number of methoxy groups -OCH3 is 2. The summed E-state index contributed by atoms with van der Waals surface area (Å²) >= 11 is 0. The minimum Gasteiger partial charge on any atom is -0.494 e. The molecule has 8 nitrogen and oxygen atoms in total. The maximum atomic E-state index is 11.5. The van der Waals surface area contributed by atoms with E-state index in [4.69, 9.17) is 4.74 Å². The lowest BCUT2D eigenvalue weighted by atomic mass is 10.1. The minimum absolute atomic E-state index is 0.0783. The molecule has 0 radical (unpaired) electrons. The zero-order chi connectivity index (χ0) is 14.6. The number of nitro benzene ring substituents is 1. The first kappa shape index (κ1) is 14.4. The number of rotatable bonds is 4. The van der Waals surface area contributed by atoms with Crippen molar-refractivity contribution in [3.05, 3.63) is 27.8 Å². The molecule has 0 unspecified atom stereocenters. The number of hydrogen-bond acceptors (Lipinski definition) is 6. The molecule has 0 heterocycles. The Labute approximate surface area is 108 Å². The summed E-state index contributed by atoms with van der Waals surface area (Å²) in [6.07, 6.45) is 0. The first-order chi connectivity index (χ1) is 8.90. The molecule has 0 saturated heterocycles. The quantitative estimate of drug-likeness (QED) is 0.501. The average molecular weight is 268 g/mol. The van der Waals surface area contributed by atoms with Crippen LogP contribution < -0.4 is 10.1 Å². The van der Waals surface area contributed by atoms with E-state index >= 15 is 0 Å². The second kappa shape index (κ2) is 5.80. The lowest BCUT2D eigenvalue weighted by molar-refractivity contribution is -0.385. The van der Waals surface area contributed by atoms with Gasteiger partial charge in [0.2, 0.25) is 5.91 Å². The Morgan fingerprint density at radius 2 is 1.95 bits per heavy atom. The maximum absolute atomic E-state index is 11.5. The number of benzene rings is 1. The van der Waals surface area contributed by atoms with Crippen LogP contribution in [0.4, 0.5) is 11.4 Å². The topological polar surface area (TPSA) is 108 Å². The molecule has 1 rings (SSSR count). The van der Waals surface area contributed by atoms with Gasteiger partial charge in [0.25, 0.3) is 5.69 Å². The number of esters is 1. The van der Waals surface area contributed by atoms with Crippen molar-refractivity contribution < 1.29 is 24.0 Å². The highest BCUT2D eigenvalue weighted by atomic mass is 16.6. The normalized spacial score (nSPS) is 9.63. The van der Waals surface area contributed by atoms with Gasteiger partial charge < -0.3 is 14.8 Å². The Morgan fingerprint density at radius 1 is 1.32 bits per heavy atom. The van der Waals surface area contributed by atoms with Gasteiger partial charge in [0.05, 0.1) is 30.9 Å². The summed E-state index contributed by atoms with van der Waals surface area (Å²) < 4.78 is 9.40. The van der Waals surface area contributed by atoms with Crippen LogP contribution in [0, 0.1) is 10.1 Å². The molecule has 0 fully saturated rings. The number of amides is 1. The van der Waals surface area contributed by atoms with Crippen molar-refractivity contribution in [3.8, 4) is 5.75 Å². The van der Waals surface area contributed by atoms with Crippen LogP contribution in [0.2, 0.25) is 0 Å². The Bertz CT molecular complexity index is 540. The van der Waals surface area contributed by atoms with Gasteiger partial charge in [-0.05, 0) is 6.07 Å². The number of anilines is 1. The number of nitro groups is 1. The average Bonchev–Trinajstić information content (AvgIpc) is 2.36. The number of ether oxygens (including phenoxy) is 2. The number of hydrogen-bond donors (Lipinski definition) is 1. The molecule has 1 amide bonds.